The second-order valence-corrected chi connectivity index (χ2v) is 12.7. The van der Waals surface area contributed by atoms with E-state index in [0.29, 0.717) is 25.5 Å². The zero-order chi connectivity index (χ0) is 31.7. The Morgan fingerprint density at radius 3 is 2.48 bits per heavy atom. The first-order valence-electron chi connectivity index (χ1n) is 16.2. The number of nitrogens with two attached hydrogens (primary N) is 1. The van der Waals surface area contributed by atoms with Gasteiger partial charge < -0.3 is 20.3 Å². The van der Waals surface area contributed by atoms with E-state index in [4.69, 9.17) is 20.4 Å². The van der Waals surface area contributed by atoms with Crippen molar-refractivity contribution < 1.29 is 4.74 Å². The number of amidine groups is 1. The van der Waals surface area contributed by atoms with Crippen LogP contribution in [-0.4, -0.2) is 71.4 Å². The van der Waals surface area contributed by atoms with Crippen molar-refractivity contribution in [1.82, 2.24) is 19.8 Å². The van der Waals surface area contributed by atoms with E-state index in [2.05, 4.69) is 86.8 Å². The molecule has 0 spiro atoms. The molecule has 2 aromatic carbocycles. The van der Waals surface area contributed by atoms with Gasteiger partial charge in [-0.05, 0) is 91.2 Å². The Kier molecular flexibility index (Phi) is 11.5. The van der Waals surface area contributed by atoms with Gasteiger partial charge in [-0.2, -0.15) is 0 Å². The molecular weight excluding hydrogens is 546 g/mol. The molecular formula is C36H51N7O. The summed E-state index contributed by atoms with van der Waals surface area (Å²) in [7, 11) is 1.91. The monoisotopic (exact) mass is 597 g/mol. The van der Waals surface area contributed by atoms with Crippen LogP contribution in [0.2, 0.25) is 0 Å². The molecule has 0 amide bonds. The third-order valence-electron chi connectivity index (χ3n) is 8.13. The van der Waals surface area contributed by atoms with E-state index in [1.165, 1.54) is 24.0 Å². The molecule has 0 radical (unpaired) electrons. The highest BCUT2D eigenvalue weighted by Crippen LogP contribution is 2.30. The summed E-state index contributed by atoms with van der Waals surface area (Å²) in [6, 6.07) is 12.4. The predicted octanol–water partition coefficient (Wildman–Crippen LogP) is 6.94. The predicted molar refractivity (Wildman–Crippen MR) is 184 cm³/mol. The van der Waals surface area contributed by atoms with E-state index < -0.39 is 0 Å². The first kappa shape index (κ1) is 33.1. The minimum absolute atomic E-state index is 0.0763. The minimum Gasteiger partial charge on any atom is -0.493 e. The SMILES string of the molecule is CCCN(CCC)CCCOc1cc2c(Cc3cccc(N=C(N)N(C)C4=NCC(C(C)(C)C)=C4)c3)ncnc2cc1CC. The van der Waals surface area contributed by atoms with Crippen LogP contribution < -0.4 is 10.5 Å². The van der Waals surface area contributed by atoms with Crippen LogP contribution in [0.15, 0.2) is 64.4 Å². The maximum Gasteiger partial charge on any atom is 0.201 e. The molecule has 0 aliphatic carbocycles. The van der Waals surface area contributed by atoms with Crippen molar-refractivity contribution in [2.75, 3.05) is 39.8 Å². The van der Waals surface area contributed by atoms with E-state index in [1.54, 1.807) is 6.33 Å². The van der Waals surface area contributed by atoms with Crippen LogP contribution >= 0.6 is 0 Å². The normalized spacial score (nSPS) is 13.9. The van der Waals surface area contributed by atoms with Gasteiger partial charge in [0.25, 0.3) is 0 Å². The van der Waals surface area contributed by atoms with Crippen molar-refractivity contribution in [3.05, 3.63) is 71.2 Å². The summed E-state index contributed by atoms with van der Waals surface area (Å²) in [5.74, 6) is 2.17. The van der Waals surface area contributed by atoms with Crippen molar-refractivity contribution in [3.63, 3.8) is 0 Å². The third-order valence-corrected chi connectivity index (χ3v) is 8.13. The Labute approximate surface area is 264 Å². The lowest BCUT2D eigenvalue weighted by Crippen LogP contribution is -2.37. The summed E-state index contributed by atoms with van der Waals surface area (Å²) in [5.41, 5.74) is 12.8. The highest BCUT2D eigenvalue weighted by Gasteiger charge is 2.23. The first-order valence-corrected chi connectivity index (χ1v) is 16.2. The lowest BCUT2D eigenvalue weighted by atomic mass is 9.87. The van der Waals surface area contributed by atoms with Gasteiger partial charge in [-0.15, -0.1) is 0 Å². The number of guanidine groups is 1. The molecule has 0 saturated carbocycles. The van der Waals surface area contributed by atoms with Crippen LogP contribution in [0.5, 0.6) is 5.75 Å². The highest BCUT2D eigenvalue weighted by atomic mass is 16.5. The van der Waals surface area contributed by atoms with Gasteiger partial charge in [0.2, 0.25) is 5.96 Å². The molecule has 44 heavy (non-hydrogen) atoms. The molecule has 8 heteroatoms. The number of aryl methyl sites for hydroxylation is 1. The maximum absolute atomic E-state index is 6.43. The number of hydrogen-bond donors (Lipinski definition) is 1. The van der Waals surface area contributed by atoms with Gasteiger partial charge in [0.1, 0.15) is 17.9 Å². The summed E-state index contributed by atoms with van der Waals surface area (Å²) < 4.78 is 6.37. The lowest BCUT2D eigenvalue weighted by Gasteiger charge is -2.21. The van der Waals surface area contributed by atoms with E-state index in [9.17, 15) is 0 Å². The summed E-state index contributed by atoms with van der Waals surface area (Å²) in [6.07, 6.45) is 8.68. The molecule has 1 aliphatic rings. The summed E-state index contributed by atoms with van der Waals surface area (Å²) >= 11 is 0. The van der Waals surface area contributed by atoms with Crippen molar-refractivity contribution >= 4 is 28.4 Å². The molecule has 8 nitrogen and oxygen atoms in total. The number of nitrogens with zero attached hydrogens (tertiary/aromatic N) is 6. The molecule has 236 valence electrons. The van der Waals surface area contributed by atoms with E-state index in [0.717, 1.165) is 71.9 Å². The average molecular weight is 598 g/mol. The fraction of sp³-hybridized carbons (Fsp3) is 0.500. The molecule has 0 fully saturated rings. The fourth-order valence-electron chi connectivity index (χ4n) is 5.49. The van der Waals surface area contributed by atoms with Crippen molar-refractivity contribution in [3.8, 4) is 5.75 Å². The summed E-state index contributed by atoms with van der Waals surface area (Å²) in [5, 5.41) is 1.02. The molecule has 0 unspecified atom stereocenters. The Morgan fingerprint density at radius 2 is 1.80 bits per heavy atom. The number of ether oxygens (including phenoxy) is 1. The molecule has 2 N–H and O–H groups in total. The molecule has 1 aromatic heterocycles. The smallest absolute Gasteiger partial charge is 0.201 e. The highest BCUT2D eigenvalue weighted by molar-refractivity contribution is 6.06. The van der Waals surface area contributed by atoms with Gasteiger partial charge in [-0.1, -0.05) is 53.7 Å². The Balaban J connectivity index is 1.49. The number of fused-ring (bicyclic) bond motifs is 1. The van der Waals surface area contributed by atoms with E-state index >= 15 is 0 Å². The Bertz CT molecular complexity index is 1500. The molecule has 1 aliphatic heterocycles. The van der Waals surface area contributed by atoms with Gasteiger partial charge >= 0.3 is 0 Å². The zero-order valence-electron chi connectivity index (χ0n) is 27.9. The standard InChI is InChI=1S/C36H51N7O/c1-8-15-43(16-9-2)17-12-18-44-33-23-30-31(39-25-40-32(30)21-27(33)10-3)20-26-13-11-14-29(19-26)41-35(37)42(7)34-22-28(24-38-34)36(4,5)6/h11,13-14,19,21-23,25H,8-10,12,15-18,20,24H2,1-7H3,(H2,37,41). The zero-order valence-corrected chi connectivity index (χ0v) is 27.9. The van der Waals surface area contributed by atoms with Crippen molar-refractivity contribution in [1.29, 1.82) is 0 Å². The quantitative estimate of drug-likeness (QED) is 0.130. The van der Waals surface area contributed by atoms with Crippen LogP contribution in [0.25, 0.3) is 10.9 Å². The van der Waals surface area contributed by atoms with E-state index in [1.807, 2.05) is 24.1 Å². The second kappa shape index (κ2) is 15.3. The largest absolute Gasteiger partial charge is 0.493 e. The van der Waals surface area contributed by atoms with Crippen LogP contribution in [0.4, 0.5) is 5.69 Å². The van der Waals surface area contributed by atoms with Gasteiger partial charge in [0.15, 0.2) is 0 Å². The fourth-order valence-corrected chi connectivity index (χ4v) is 5.49. The second-order valence-electron chi connectivity index (χ2n) is 12.7. The Hall–Kier alpha value is -3.78. The van der Waals surface area contributed by atoms with Crippen molar-refractivity contribution in [2.24, 2.45) is 21.1 Å². The molecule has 0 saturated heterocycles. The number of aliphatic imine (C=N–C) groups is 2. The molecule has 0 bridgehead atoms. The maximum atomic E-state index is 6.43. The van der Waals surface area contributed by atoms with Crippen LogP contribution in [0.1, 0.15) is 77.6 Å². The Morgan fingerprint density at radius 1 is 1.02 bits per heavy atom. The van der Waals surface area contributed by atoms with Crippen LogP contribution in [0.3, 0.4) is 0 Å². The summed E-state index contributed by atoms with van der Waals surface area (Å²) in [6.45, 7) is 18.0. The first-order chi connectivity index (χ1) is 21.1. The minimum atomic E-state index is 0.0763. The molecule has 2 heterocycles. The van der Waals surface area contributed by atoms with Gasteiger partial charge in [0.05, 0.1) is 30.0 Å². The number of rotatable bonds is 13. The number of benzene rings is 2. The van der Waals surface area contributed by atoms with Gasteiger partial charge in [0, 0.05) is 25.4 Å². The number of hydrogen-bond acceptors (Lipinski definition) is 6. The average Bonchev–Trinajstić information content (AvgIpc) is 3.50. The van der Waals surface area contributed by atoms with Gasteiger partial charge in [-0.3, -0.25) is 4.99 Å². The molecule has 3 aromatic rings. The topological polar surface area (TPSA) is 92.2 Å². The van der Waals surface area contributed by atoms with Gasteiger partial charge in [-0.25, -0.2) is 15.0 Å². The van der Waals surface area contributed by atoms with Crippen LogP contribution in [0, 0.1) is 5.41 Å². The molecule has 4 rings (SSSR count). The van der Waals surface area contributed by atoms with Crippen LogP contribution in [-0.2, 0) is 12.8 Å². The van der Waals surface area contributed by atoms with Crippen molar-refractivity contribution in [2.45, 2.75) is 73.6 Å². The third kappa shape index (κ3) is 8.65. The number of aromatic nitrogens is 2. The number of likely N-dealkylation sites (N-methyl/N-ethyl adjacent to an activating group) is 1. The lowest BCUT2D eigenvalue weighted by molar-refractivity contribution is 0.233. The summed E-state index contributed by atoms with van der Waals surface area (Å²) in [4.78, 5) is 23.1. The van der Waals surface area contributed by atoms with E-state index in [-0.39, 0.29) is 5.41 Å². The molecule has 0 atom stereocenters.